The van der Waals surface area contributed by atoms with Crippen molar-refractivity contribution >= 4 is 34.6 Å². The zero-order valence-electron chi connectivity index (χ0n) is 17.8. The van der Waals surface area contributed by atoms with Gasteiger partial charge in [0, 0.05) is 9.79 Å². The van der Waals surface area contributed by atoms with Crippen molar-refractivity contribution in [1.82, 2.24) is 4.98 Å². The van der Waals surface area contributed by atoms with Crippen LogP contribution >= 0.6 is 23.5 Å². The minimum absolute atomic E-state index is 0.0697. The smallest absolute Gasteiger partial charge is 0.446 e. The second-order valence-electron chi connectivity index (χ2n) is 6.92. The first-order valence-electron chi connectivity index (χ1n) is 10.0. The van der Waals surface area contributed by atoms with E-state index < -0.39 is 5.51 Å². The molecular formula is C24H20F3NO3S2. The van der Waals surface area contributed by atoms with Crippen LogP contribution in [0.1, 0.15) is 12.5 Å². The summed E-state index contributed by atoms with van der Waals surface area (Å²) in [4.78, 5) is 5.43. The van der Waals surface area contributed by atoms with Gasteiger partial charge in [-0.25, -0.2) is 4.98 Å². The van der Waals surface area contributed by atoms with E-state index in [0.29, 0.717) is 29.3 Å². The van der Waals surface area contributed by atoms with Gasteiger partial charge < -0.3 is 13.9 Å². The fourth-order valence-electron chi connectivity index (χ4n) is 3.15. The van der Waals surface area contributed by atoms with Crippen molar-refractivity contribution in [3.63, 3.8) is 0 Å². The zero-order chi connectivity index (χ0) is 23.4. The molecule has 0 amide bonds. The van der Waals surface area contributed by atoms with Crippen LogP contribution in [0.25, 0.3) is 22.6 Å². The van der Waals surface area contributed by atoms with E-state index in [-0.39, 0.29) is 16.7 Å². The van der Waals surface area contributed by atoms with Crippen LogP contribution in [-0.4, -0.2) is 23.4 Å². The molecule has 0 bridgehead atoms. The van der Waals surface area contributed by atoms with E-state index in [9.17, 15) is 13.2 Å². The third-order valence-electron chi connectivity index (χ3n) is 4.64. The molecule has 0 saturated carbocycles. The summed E-state index contributed by atoms with van der Waals surface area (Å²) < 4.78 is 55.0. The highest BCUT2D eigenvalue weighted by Gasteiger charge is 2.29. The van der Waals surface area contributed by atoms with E-state index >= 15 is 0 Å². The van der Waals surface area contributed by atoms with Crippen molar-refractivity contribution in [3.8, 4) is 23.0 Å². The van der Waals surface area contributed by atoms with Crippen molar-refractivity contribution < 1.29 is 27.1 Å². The number of alkyl halides is 3. The van der Waals surface area contributed by atoms with Gasteiger partial charge in [-0.15, -0.1) is 11.8 Å². The van der Waals surface area contributed by atoms with Crippen LogP contribution in [0.5, 0.6) is 11.5 Å². The molecule has 4 rings (SSSR count). The summed E-state index contributed by atoms with van der Waals surface area (Å²) in [5, 5.41) is 0. The SMILES string of the molecule is CCSc1cc(OCc2ccc(OC)cc2)ccc1-c1nc2cc(SC(F)(F)F)ccc2o1. The third kappa shape index (κ3) is 5.97. The Balaban J connectivity index is 1.57. The van der Waals surface area contributed by atoms with Crippen LogP contribution in [0, 0.1) is 0 Å². The Labute approximate surface area is 197 Å². The van der Waals surface area contributed by atoms with Crippen LogP contribution < -0.4 is 9.47 Å². The number of hydrogen-bond acceptors (Lipinski definition) is 6. The molecule has 3 aromatic carbocycles. The second kappa shape index (κ2) is 10.0. The van der Waals surface area contributed by atoms with Gasteiger partial charge in [-0.05, 0) is 71.6 Å². The topological polar surface area (TPSA) is 44.5 Å². The molecule has 172 valence electrons. The van der Waals surface area contributed by atoms with Gasteiger partial charge in [0.1, 0.15) is 23.6 Å². The minimum Gasteiger partial charge on any atom is -0.497 e. The lowest BCUT2D eigenvalue weighted by Crippen LogP contribution is -1.98. The normalized spacial score (nSPS) is 11.7. The third-order valence-corrected chi connectivity index (χ3v) is 6.30. The molecule has 0 N–H and O–H groups in total. The van der Waals surface area contributed by atoms with E-state index in [0.717, 1.165) is 27.5 Å². The lowest BCUT2D eigenvalue weighted by Gasteiger charge is -2.11. The molecule has 0 aliphatic carbocycles. The molecule has 0 saturated heterocycles. The van der Waals surface area contributed by atoms with Crippen LogP contribution in [0.4, 0.5) is 13.2 Å². The Morgan fingerprint density at radius 3 is 2.42 bits per heavy atom. The molecule has 1 aromatic heterocycles. The van der Waals surface area contributed by atoms with Crippen LogP contribution in [0.15, 0.2) is 74.9 Å². The van der Waals surface area contributed by atoms with Crippen molar-refractivity contribution in [1.29, 1.82) is 0 Å². The maximum absolute atomic E-state index is 12.7. The zero-order valence-corrected chi connectivity index (χ0v) is 19.4. The van der Waals surface area contributed by atoms with Crippen molar-refractivity contribution in [2.45, 2.75) is 28.8 Å². The number of nitrogens with zero attached hydrogens (tertiary/aromatic N) is 1. The van der Waals surface area contributed by atoms with Gasteiger partial charge in [-0.1, -0.05) is 19.1 Å². The summed E-state index contributed by atoms with van der Waals surface area (Å²) in [6, 6.07) is 17.5. The summed E-state index contributed by atoms with van der Waals surface area (Å²) >= 11 is 1.44. The molecule has 0 atom stereocenters. The average Bonchev–Trinajstić information content (AvgIpc) is 3.20. The van der Waals surface area contributed by atoms with E-state index in [1.165, 1.54) is 18.2 Å². The second-order valence-corrected chi connectivity index (χ2v) is 9.37. The summed E-state index contributed by atoms with van der Waals surface area (Å²) in [5.41, 5.74) is -1.77. The molecule has 0 aliphatic rings. The van der Waals surface area contributed by atoms with Gasteiger partial charge in [0.05, 0.1) is 12.7 Å². The molecule has 0 aliphatic heterocycles. The summed E-state index contributed by atoms with van der Waals surface area (Å²) in [7, 11) is 1.62. The first-order chi connectivity index (χ1) is 15.8. The van der Waals surface area contributed by atoms with Gasteiger partial charge in [0.15, 0.2) is 5.58 Å². The highest BCUT2D eigenvalue weighted by molar-refractivity contribution is 8.00. The summed E-state index contributed by atoms with van der Waals surface area (Å²) in [5.74, 6) is 2.66. The molecule has 0 spiro atoms. The monoisotopic (exact) mass is 491 g/mol. The first-order valence-corrected chi connectivity index (χ1v) is 11.8. The first kappa shape index (κ1) is 23.4. The Kier molecular flexibility index (Phi) is 7.09. The largest absolute Gasteiger partial charge is 0.497 e. The lowest BCUT2D eigenvalue weighted by molar-refractivity contribution is -0.0328. The van der Waals surface area contributed by atoms with Gasteiger partial charge in [0.2, 0.25) is 5.89 Å². The van der Waals surface area contributed by atoms with E-state index in [1.54, 1.807) is 18.9 Å². The predicted octanol–water partition coefficient (Wildman–Crippen LogP) is 7.81. The fraction of sp³-hybridized carbons (Fsp3) is 0.208. The number of benzene rings is 3. The molecule has 33 heavy (non-hydrogen) atoms. The fourth-order valence-corrected chi connectivity index (χ4v) is 4.55. The maximum atomic E-state index is 12.7. The quantitative estimate of drug-likeness (QED) is 0.234. The molecule has 0 radical (unpaired) electrons. The Hall–Kier alpha value is -2.78. The lowest BCUT2D eigenvalue weighted by atomic mass is 10.2. The molecule has 1 heterocycles. The van der Waals surface area contributed by atoms with Gasteiger partial charge in [-0.2, -0.15) is 13.2 Å². The van der Waals surface area contributed by atoms with E-state index in [4.69, 9.17) is 13.9 Å². The Bertz CT molecular complexity index is 1240. The average molecular weight is 492 g/mol. The number of ether oxygens (including phenoxy) is 2. The number of methoxy groups -OCH3 is 1. The maximum Gasteiger partial charge on any atom is 0.446 e. The van der Waals surface area contributed by atoms with E-state index in [2.05, 4.69) is 4.98 Å². The molecule has 0 fully saturated rings. The van der Waals surface area contributed by atoms with Gasteiger partial charge in [0.25, 0.3) is 0 Å². The molecule has 4 nitrogen and oxygen atoms in total. The Morgan fingerprint density at radius 2 is 1.73 bits per heavy atom. The van der Waals surface area contributed by atoms with Crippen molar-refractivity contribution in [2.75, 3.05) is 12.9 Å². The van der Waals surface area contributed by atoms with Crippen molar-refractivity contribution in [2.24, 2.45) is 0 Å². The minimum atomic E-state index is -4.35. The van der Waals surface area contributed by atoms with Crippen molar-refractivity contribution in [3.05, 3.63) is 66.2 Å². The van der Waals surface area contributed by atoms with Crippen LogP contribution in [0.3, 0.4) is 0 Å². The summed E-state index contributed by atoms with van der Waals surface area (Å²) in [6.07, 6.45) is 0. The molecule has 0 unspecified atom stereocenters. The van der Waals surface area contributed by atoms with E-state index in [1.807, 2.05) is 49.4 Å². The molecule has 9 heteroatoms. The predicted molar refractivity (Wildman–Crippen MR) is 125 cm³/mol. The number of oxazole rings is 1. The molecule has 4 aromatic rings. The number of thioether (sulfide) groups is 2. The number of fused-ring (bicyclic) bond motifs is 1. The highest BCUT2D eigenvalue weighted by Crippen LogP contribution is 2.39. The van der Waals surface area contributed by atoms with Crippen LogP contribution in [-0.2, 0) is 6.61 Å². The number of halogens is 3. The number of rotatable bonds is 8. The van der Waals surface area contributed by atoms with Gasteiger partial charge >= 0.3 is 5.51 Å². The highest BCUT2D eigenvalue weighted by atomic mass is 32.2. The standard InChI is InChI=1S/C24H20F3NO3S2/c1-3-32-22-12-17(30-14-15-4-6-16(29-2)7-5-15)8-10-19(22)23-28-20-13-18(33-24(25,26)27)9-11-21(20)31-23/h4-13H,3,14H2,1-2H3. The van der Waals surface area contributed by atoms with Crippen LogP contribution in [0.2, 0.25) is 0 Å². The Morgan fingerprint density at radius 1 is 0.970 bits per heavy atom. The number of aromatic nitrogens is 1. The van der Waals surface area contributed by atoms with Gasteiger partial charge in [-0.3, -0.25) is 0 Å². The molecular weight excluding hydrogens is 471 g/mol. The number of hydrogen-bond donors (Lipinski definition) is 0. The summed E-state index contributed by atoms with van der Waals surface area (Å²) in [6.45, 7) is 2.44.